The van der Waals surface area contributed by atoms with Gasteiger partial charge in [0.25, 0.3) is 5.91 Å². The number of hydrogen-bond acceptors (Lipinski definition) is 3. The molecule has 0 atom stereocenters. The fourth-order valence-corrected chi connectivity index (χ4v) is 2.47. The van der Waals surface area contributed by atoms with Gasteiger partial charge >= 0.3 is 0 Å². The third-order valence-corrected chi connectivity index (χ3v) is 3.72. The molecule has 2 aromatic rings. The second-order valence-corrected chi connectivity index (χ2v) is 5.41. The number of benzene rings is 1. The van der Waals surface area contributed by atoms with Crippen LogP contribution in [0.5, 0.6) is 0 Å². The fraction of sp³-hybridized carbons (Fsp3) is 0.412. The van der Waals surface area contributed by atoms with E-state index >= 15 is 0 Å². The lowest BCUT2D eigenvalue weighted by Gasteiger charge is -2.18. The average Bonchev–Trinajstić information content (AvgIpc) is 2.84. The van der Waals surface area contributed by atoms with Crippen LogP contribution in [0.15, 0.2) is 30.3 Å². The molecule has 1 N–H and O–H groups in total. The average molecular weight is 300 g/mol. The molecule has 0 saturated heterocycles. The molecule has 0 unspecified atom stereocenters. The van der Waals surface area contributed by atoms with Crippen molar-refractivity contribution in [1.82, 2.24) is 14.7 Å². The molecular weight excluding hydrogens is 276 g/mol. The lowest BCUT2D eigenvalue weighted by Crippen LogP contribution is -2.22. The van der Waals surface area contributed by atoms with Gasteiger partial charge in [0.2, 0.25) is 0 Å². The second kappa shape index (κ2) is 7.22. The highest BCUT2D eigenvalue weighted by atomic mass is 16.2. The molecule has 5 nitrogen and oxygen atoms in total. The van der Waals surface area contributed by atoms with E-state index in [1.165, 1.54) is 5.56 Å². The highest BCUT2D eigenvalue weighted by Gasteiger charge is 2.12. The van der Waals surface area contributed by atoms with Crippen LogP contribution in [0.3, 0.4) is 0 Å². The molecule has 1 heterocycles. The summed E-state index contributed by atoms with van der Waals surface area (Å²) in [5.74, 6) is -0.136. The highest BCUT2D eigenvalue weighted by Crippen LogP contribution is 2.14. The molecule has 0 radical (unpaired) electrons. The van der Waals surface area contributed by atoms with E-state index in [1.807, 2.05) is 25.1 Å². The molecule has 5 heteroatoms. The van der Waals surface area contributed by atoms with Gasteiger partial charge in [-0.3, -0.25) is 14.4 Å². The Kier molecular flexibility index (Phi) is 5.33. The minimum atomic E-state index is -0.136. The molecule has 0 bridgehead atoms. The van der Waals surface area contributed by atoms with Crippen molar-refractivity contribution in [3.63, 3.8) is 0 Å². The lowest BCUT2D eigenvalue weighted by molar-refractivity contribution is 0.101. The molecule has 2 rings (SSSR count). The molecule has 0 aliphatic rings. The monoisotopic (exact) mass is 300 g/mol. The number of rotatable bonds is 6. The fourth-order valence-electron chi connectivity index (χ4n) is 2.47. The Labute approximate surface area is 131 Å². The summed E-state index contributed by atoms with van der Waals surface area (Å²) in [4.78, 5) is 14.7. The molecule has 118 valence electrons. The van der Waals surface area contributed by atoms with Crippen molar-refractivity contribution < 1.29 is 4.79 Å². The van der Waals surface area contributed by atoms with E-state index in [1.54, 1.807) is 17.8 Å². The lowest BCUT2D eigenvalue weighted by atomic mass is 10.2. The summed E-state index contributed by atoms with van der Waals surface area (Å²) < 4.78 is 1.60. The van der Waals surface area contributed by atoms with Gasteiger partial charge in [0.1, 0.15) is 5.69 Å². The van der Waals surface area contributed by atoms with Crippen LogP contribution in [-0.2, 0) is 13.6 Å². The molecule has 0 aliphatic carbocycles. The van der Waals surface area contributed by atoms with E-state index in [9.17, 15) is 4.79 Å². The Bertz CT molecular complexity index is 644. The standard InChI is InChI=1S/C17H24N4O/c1-5-21(6-2)12-14-8-7-9-15(11-14)18-17(22)16-10-13(3)19-20(16)4/h7-11H,5-6,12H2,1-4H3,(H,18,22). The summed E-state index contributed by atoms with van der Waals surface area (Å²) in [6.45, 7) is 9.10. The molecule has 1 aromatic heterocycles. The van der Waals surface area contributed by atoms with E-state index in [2.05, 4.69) is 35.2 Å². The maximum Gasteiger partial charge on any atom is 0.273 e. The zero-order valence-corrected chi connectivity index (χ0v) is 13.8. The third kappa shape index (κ3) is 3.95. The number of nitrogens with one attached hydrogen (secondary N) is 1. The summed E-state index contributed by atoms with van der Waals surface area (Å²) in [6.07, 6.45) is 0. The van der Waals surface area contributed by atoms with Crippen LogP contribution in [-0.4, -0.2) is 33.7 Å². The first-order chi connectivity index (χ1) is 10.5. The zero-order chi connectivity index (χ0) is 16.1. The minimum absolute atomic E-state index is 0.136. The summed E-state index contributed by atoms with van der Waals surface area (Å²) >= 11 is 0. The van der Waals surface area contributed by atoms with Crippen molar-refractivity contribution in [2.75, 3.05) is 18.4 Å². The number of amides is 1. The van der Waals surface area contributed by atoms with Crippen LogP contribution in [0.2, 0.25) is 0 Å². The van der Waals surface area contributed by atoms with Gasteiger partial charge < -0.3 is 5.32 Å². The molecule has 0 aliphatic heterocycles. The van der Waals surface area contributed by atoms with Gasteiger partial charge in [0.15, 0.2) is 0 Å². The Morgan fingerprint density at radius 1 is 1.27 bits per heavy atom. The van der Waals surface area contributed by atoms with Crippen molar-refractivity contribution in [1.29, 1.82) is 0 Å². The maximum atomic E-state index is 12.3. The largest absolute Gasteiger partial charge is 0.321 e. The molecule has 0 saturated carbocycles. The molecular formula is C17H24N4O. The van der Waals surface area contributed by atoms with Gasteiger partial charge in [0, 0.05) is 19.3 Å². The third-order valence-electron chi connectivity index (χ3n) is 3.72. The predicted molar refractivity (Wildman–Crippen MR) is 89.0 cm³/mol. The molecule has 1 aromatic carbocycles. The first-order valence-electron chi connectivity index (χ1n) is 7.66. The van der Waals surface area contributed by atoms with Crippen molar-refractivity contribution in [3.8, 4) is 0 Å². The van der Waals surface area contributed by atoms with Crippen LogP contribution in [0.25, 0.3) is 0 Å². The smallest absolute Gasteiger partial charge is 0.273 e. The highest BCUT2D eigenvalue weighted by molar-refractivity contribution is 6.03. The number of hydrogen-bond donors (Lipinski definition) is 1. The van der Waals surface area contributed by atoms with Gasteiger partial charge in [-0.2, -0.15) is 5.10 Å². The van der Waals surface area contributed by atoms with Crippen molar-refractivity contribution in [3.05, 3.63) is 47.3 Å². The predicted octanol–water partition coefficient (Wildman–Crippen LogP) is 2.82. The van der Waals surface area contributed by atoms with Crippen LogP contribution in [0.4, 0.5) is 5.69 Å². The normalized spacial score (nSPS) is 11.0. The first kappa shape index (κ1) is 16.2. The van der Waals surface area contributed by atoms with Gasteiger partial charge in [0.05, 0.1) is 5.69 Å². The number of aromatic nitrogens is 2. The zero-order valence-electron chi connectivity index (χ0n) is 13.8. The Morgan fingerprint density at radius 3 is 2.59 bits per heavy atom. The van der Waals surface area contributed by atoms with Crippen molar-refractivity contribution in [2.45, 2.75) is 27.3 Å². The number of anilines is 1. The summed E-state index contributed by atoms with van der Waals surface area (Å²) in [5, 5.41) is 7.15. The Balaban J connectivity index is 2.10. The maximum absolute atomic E-state index is 12.3. The van der Waals surface area contributed by atoms with Gasteiger partial charge in [-0.05, 0) is 43.8 Å². The number of aryl methyl sites for hydroxylation is 2. The van der Waals surface area contributed by atoms with Gasteiger partial charge in [-0.15, -0.1) is 0 Å². The quantitative estimate of drug-likeness (QED) is 0.892. The number of carbonyl (C=O) groups is 1. The van der Waals surface area contributed by atoms with E-state index in [4.69, 9.17) is 0 Å². The Morgan fingerprint density at radius 2 is 2.00 bits per heavy atom. The van der Waals surface area contributed by atoms with E-state index in [-0.39, 0.29) is 5.91 Å². The molecule has 0 fully saturated rings. The van der Waals surface area contributed by atoms with E-state index < -0.39 is 0 Å². The molecule has 0 spiro atoms. The summed E-state index contributed by atoms with van der Waals surface area (Å²) in [7, 11) is 1.78. The Hall–Kier alpha value is -2.14. The van der Waals surface area contributed by atoms with Crippen LogP contribution >= 0.6 is 0 Å². The van der Waals surface area contributed by atoms with Crippen LogP contribution in [0, 0.1) is 6.92 Å². The minimum Gasteiger partial charge on any atom is -0.321 e. The van der Waals surface area contributed by atoms with Crippen molar-refractivity contribution in [2.24, 2.45) is 7.05 Å². The molecule has 1 amide bonds. The van der Waals surface area contributed by atoms with E-state index in [0.29, 0.717) is 5.69 Å². The first-order valence-corrected chi connectivity index (χ1v) is 7.66. The summed E-state index contributed by atoms with van der Waals surface area (Å²) in [5.41, 5.74) is 3.41. The van der Waals surface area contributed by atoms with Gasteiger partial charge in [-0.25, -0.2) is 0 Å². The number of carbonyl (C=O) groups excluding carboxylic acids is 1. The second-order valence-electron chi connectivity index (χ2n) is 5.41. The van der Waals surface area contributed by atoms with Crippen molar-refractivity contribution >= 4 is 11.6 Å². The molecule has 22 heavy (non-hydrogen) atoms. The van der Waals surface area contributed by atoms with E-state index in [0.717, 1.165) is 31.0 Å². The SMILES string of the molecule is CCN(CC)Cc1cccc(NC(=O)c2cc(C)nn2C)c1. The van der Waals surface area contributed by atoms with Crippen LogP contribution < -0.4 is 5.32 Å². The van der Waals surface area contributed by atoms with Gasteiger partial charge in [-0.1, -0.05) is 26.0 Å². The summed E-state index contributed by atoms with van der Waals surface area (Å²) in [6, 6.07) is 9.78. The number of nitrogens with zero attached hydrogens (tertiary/aromatic N) is 3. The van der Waals surface area contributed by atoms with Crippen LogP contribution in [0.1, 0.15) is 35.6 Å². The topological polar surface area (TPSA) is 50.2 Å².